The van der Waals surface area contributed by atoms with Gasteiger partial charge in [-0.25, -0.2) is 0 Å². The molecule has 0 aliphatic rings. The zero-order chi connectivity index (χ0) is 7.40. The quantitative estimate of drug-likeness (QED) is 0.650. The number of hydrogen-bond donors (Lipinski definition) is 1. The summed E-state index contributed by atoms with van der Waals surface area (Å²) < 4.78 is 0. The molecule has 1 aromatic rings. The van der Waals surface area contributed by atoms with Gasteiger partial charge >= 0.3 is 0 Å². The monoisotopic (exact) mass is 134 g/mol. The Hall–Kier alpha value is -0.820. The van der Waals surface area contributed by atoms with Crippen LogP contribution in [-0.2, 0) is 0 Å². The lowest BCUT2D eigenvalue weighted by molar-refractivity contribution is 0.652. The highest BCUT2D eigenvalue weighted by molar-refractivity contribution is 5.16. The summed E-state index contributed by atoms with van der Waals surface area (Å²) in [6.45, 7) is 2.13. The van der Waals surface area contributed by atoms with Gasteiger partial charge in [0.2, 0.25) is 0 Å². The first-order chi connectivity index (χ1) is 4.84. The molecule has 0 aliphatic carbocycles. The van der Waals surface area contributed by atoms with Crippen molar-refractivity contribution in [2.45, 2.75) is 13.0 Å². The van der Waals surface area contributed by atoms with Crippen LogP contribution < -0.4 is 5.32 Å². The molecule has 1 aromatic carbocycles. The maximum Gasteiger partial charge on any atom is 0.0289 e. The van der Waals surface area contributed by atoms with Crippen LogP contribution in [0.25, 0.3) is 0 Å². The third kappa shape index (κ3) is 1.58. The van der Waals surface area contributed by atoms with Gasteiger partial charge in [-0.2, -0.15) is 0 Å². The smallest absolute Gasteiger partial charge is 0.0289 e. The molecule has 1 rings (SSSR count). The van der Waals surface area contributed by atoms with Crippen LogP contribution in [0.15, 0.2) is 24.3 Å². The highest BCUT2D eigenvalue weighted by Gasteiger charge is 1.97. The molecule has 0 fully saturated rings. The molecule has 0 aliphatic heterocycles. The van der Waals surface area contributed by atoms with Crippen LogP contribution >= 0.6 is 0 Å². The SMILES string of the molecule is CNC(C)c1cc[c]cc1. The van der Waals surface area contributed by atoms with E-state index in [4.69, 9.17) is 0 Å². The molecule has 1 atom stereocenters. The molecule has 0 saturated heterocycles. The Labute approximate surface area is 62.1 Å². The molecule has 10 heavy (non-hydrogen) atoms. The first kappa shape index (κ1) is 7.29. The molecule has 1 heteroatoms. The van der Waals surface area contributed by atoms with E-state index in [9.17, 15) is 0 Å². The Morgan fingerprint density at radius 2 is 2.00 bits per heavy atom. The zero-order valence-corrected chi connectivity index (χ0v) is 6.39. The molecular formula is C9H12N. The van der Waals surface area contributed by atoms with Gasteiger partial charge in [0.05, 0.1) is 0 Å². The lowest BCUT2D eigenvalue weighted by atomic mass is 10.1. The summed E-state index contributed by atoms with van der Waals surface area (Å²) in [5.41, 5.74) is 1.31. The summed E-state index contributed by atoms with van der Waals surface area (Å²) in [5.74, 6) is 0. The molecule has 0 amide bonds. The summed E-state index contributed by atoms with van der Waals surface area (Å²) in [7, 11) is 1.96. The van der Waals surface area contributed by atoms with Crippen molar-refractivity contribution in [1.82, 2.24) is 5.32 Å². The molecule has 0 saturated carbocycles. The largest absolute Gasteiger partial charge is 0.313 e. The van der Waals surface area contributed by atoms with Gasteiger partial charge in [0.15, 0.2) is 0 Å². The molecule has 1 radical (unpaired) electrons. The van der Waals surface area contributed by atoms with Crippen LogP contribution in [0.1, 0.15) is 18.5 Å². The van der Waals surface area contributed by atoms with E-state index in [1.807, 2.05) is 19.2 Å². The number of nitrogens with one attached hydrogen (secondary N) is 1. The van der Waals surface area contributed by atoms with E-state index in [1.54, 1.807) is 0 Å². The molecule has 0 spiro atoms. The Morgan fingerprint density at radius 1 is 1.40 bits per heavy atom. The van der Waals surface area contributed by atoms with E-state index in [0.29, 0.717) is 6.04 Å². The highest BCUT2D eigenvalue weighted by atomic mass is 14.8. The maximum atomic E-state index is 3.17. The Bertz CT molecular complexity index is 181. The van der Waals surface area contributed by atoms with E-state index in [1.165, 1.54) is 5.56 Å². The molecule has 0 bridgehead atoms. The second-order valence-corrected chi connectivity index (χ2v) is 2.34. The predicted molar refractivity (Wildman–Crippen MR) is 42.8 cm³/mol. The van der Waals surface area contributed by atoms with Crippen molar-refractivity contribution in [2.75, 3.05) is 7.05 Å². The van der Waals surface area contributed by atoms with Crippen molar-refractivity contribution >= 4 is 0 Å². The highest BCUT2D eigenvalue weighted by Crippen LogP contribution is 2.08. The molecule has 53 valence electrons. The fraction of sp³-hybridized carbons (Fsp3) is 0.333. The Kier molecular flexibility index (Phi) is 2.46. The molecule has 1 nitrogen and oxygen atoms in total. The van der Waals surface area contributed by atoms with Crippen molar-refractivity contribution < 1.29 is 0 Å². The van der Waals surface area contributed by atoms with E-state index in [2.05, 4.69) is 30.4 Å². The number of hydrogen-bond acceptors (Lipinski definition) is 1. The molecule has 1 N–H and O–H groups in total. The van der Waals surface area contributed by atoms with Crippen molar-refractivity contribution in [3.8, 4) is 0 Å². The lowest BCUT2D eigenvalue weighted by Crippen LogP contribution is -2.11. The minimum atomic E-state index is 0.439. The van der Waals surface area contributed by atoms with Gasteiger partial charge in [0, 0.05) is 6.04 Å². The third-order valence-corrected chi connectivity index (χ3v) is 1.68. The van der Waals surface area contributed by atoms with E-state index in [-0.39, 0.29) is 0 Å². The predicted octanol–water partition coefficient (Wildman–Crippen LogP) is 1.77. The summed E-state index contributed by atoms with van der Waals surface area (Å²) in [6.07, 6.45) is 0. The fourth-order valence-corrected chi connectivity index (χ4v) is 0.855. The Balaban J connectivity index is 2.75. The van der Waals surface area contributed by atoms with Crippen molar-refractivity contribution in [2.24, 2.45) is 0 Å². The van der Waals surface area contributed by atoms with Gasteiger partial charge in [-0.1, -0.05) is 24.3 Å². The topological polar surface area (TPSA) is 12.0 Å². The van der Waals surface area contributed by atoms with Gasteiger partial charge in [0.1, 0.15) is 0 Å². The third-order valence-electron chi connectivity index (χ3n) is 1.68. The van der Waals surface area contributed by atoms with Crippen molar-refractivity contribution in [3.63, 3.8) is 0 Å². The molecule has 1 unspecified atom stereocenters. The van der Waals surface area contributed by atoms with Crippen molar-refractivity contribution in [1.29, 1.82) is 0 Å². The molecule has 0 aromatic heterocycles. The van der Waals surface area contributed by atoms with Crippen LogP contribution in [0, 0.1) is 6.07 Å². The minimum Gasteiger partial charge on any atom is -0.313 e. The summed E-state index contributed by atoms with van der Waals surface area (Å²) in [6, 6.07) is 11.4. The normalized spacial score (nSPS) is 13.0. The molecular weight excluding hydrogens is 122 g/mol. The first-order valence-electron chi connectivity index (χ1n) is 3.48. The van der Waals surface area contributed by atoms with Gasteiger partial charge in [-0.3, -0.25) is 0 Å². The summed E-state index contributed by atoms with van der Waals surface area (Å²) >= 11 is 0. The second kappa shape index (κ2) is 3.37. The van der Waals surface area contributed by atoms with Gasteiger partial charge in [-0.05, 0) is 25.6 Å². The average Bonchev–Trinajstić information content (AvgIpc) is 2.05. The first-order valence-corrected chi connectivity index (χ1v) is 3.48. The summed E-state index contributed by atoms with van der Waals surface area (Å²) in [5, 5.41) is 3.17. The maximum absolute atomic E-state index is 3.17. The van der Waals surface area contributed by atoms with Crippen LogP contribution in [0.2, 0.25) is 0 Å². The second-order valence-electron chi connectivity index (χ2n) is 2.34. The Morgan fingerprint density at radius 3 is 2.50 bits per heavy atom. The van der Waals surface area contributed by atoms with Crippen LogP contribution in [0.5, 0.6) is 0 Å². The average molecular weight is 134 g/mol. The van der Waals surface area contributed by atoms with Crippen LogP contribution in [0.4, 0.5) is 0 Å². The summed E-state index contributed by atoms with van der Waals surface area (Å²) in [4.78, 5) is 0. The van der Waals surface area contributed by atoms with Gasteiger partial charge in [-0.15, -0.1) is 0 Å². The van der Waals surface area contributed by atoms with Gasteiger partial charge < -0.3 is 5.32 Å². The minimum absolute atomic E-state index is 0.439. The van der Waals surface area contributed by atoms with Crippen LogP contribution in [-0.4, -0.2) is 7.05 Å². The van der Waals surface area contributed by atoms with E-state index in [0.717, 1.165) is 0 Å². The lowest BCUT2D eigenvalue weighted by Gasteiger charge is -2.08. The zero-order valence-electron chi connectivity index (χ0n) is 6.39. The molecule has 0 heterocycles. The standard InChI is InChI=1S/C9H12N/c1-8(10-2)9-6-4-3-5-7-9/h4-8,10H,1-2H3. The number of benzene rings is 1. The van der Waals surface area contributed by atoms with Gasteiger partial charge in [0.25, 0.3) is 0 Å². The van der Waals surface area contributed by atoms with E-state index < -0.39 is 0 Å². The number of rotatable bonds is 2. The fourth-order valence-electron chi connectivity index (χ4n) is 0.855. The van der Waals surface area contributed by atoms with Crippen molar-refractivity contribution in [3.05, 3.63) is 35.9 Å². The van der Waals surface area contributed by atoms with E-state index >= 15 is 0 Å². The van der Waals surface area contributed by atoms with Crippen LogP contribution in [0.3, 0.4) is 0 Å².